The van der Waals surface area contributed by atoms with Crippen molar-refractivity contribution in [1.82, 2.24) is 0 Å². The van der Waals surface area contributed by atoms with Crippen molar-refractivity contribution < 1.29 is 23.5 Å². The van der Waals surface area contributed by atoms with Gasteiger partial charge in [0.05, 0.1) is 10.1 Å². The van der Waals surface area contributed by atoms with Gasteiger partial charge in [-0.3, -0.25) is 0 Å². The third-order valence-corrected chi connectivity index (χ3v) is 2.57. The molecule has 0 bridgehead atoms. The summed E-state index contributed by atoms with van der Waals surface area (Å²) in [5.74, 6) is -0.277. The van der Waals surface area contributed by atoms with Gasteiger partial charge in [0.15, 0.2) is 6.54 Å². The fraction of sp³-hybridized carbons (Fsp3) is 0.714. The highest BCUT2D eigenvalue weighted by Gasteiger charge is 2.15. The highest BCUT2D eigenvalue weighted by molar-refractivity contribution is 7.85. The number of hydrogen-bond acceptors (Lipinski definition) is 3. The Morgan fingerprint density at radius 2 is 2.23 bits per heavy atom. The van der Waals surface area contributed by atoms with E-state index in [4.69, 9.17) is 0 Å². The van der Waals surface area contributed by atoms with Crippen LogP contribution in [0.3, 0.4) is 0 Å². The van der Waals surface area contributed by atoms with E-state index in [0.29, 0.717) is 13.0 Å². The summed E-state index contributed by atoms with van der Waals surface area (Å²) in [5.41, 5.74) is 0. The lowest BCUT2D eigenvalue weighted by Crippen LogP contribution is -2.19. The van der Waals surface area contributed by atoms with E-state index >= 15 is 0 Å². The molecule has 0 amide bonds. The Balaban J connectivity index is 0.00000169. The maximum Gasteiger partial charge on any atom is 1.00 e. The van der Waals surface area contributed by atoms with E-state index in [-0.39, 0.29) is 7.18 Å². The molecule has 0 aromatic heterocycles. The van der Waals surface area contributed by atoms with E-state index in [1.54, 1.807) is 0 Å². The Kier molecular flexibility index (Phi) is 3.16. The SMILES string of the molecule is C[N+]1=CC=[N+](CCCS(=O)(=O)[O-])C1.[H+]. The Bertz CT molecular complexity index is 348. The summed E-state index contributed by atoms with van der Waals surface area (Å²) in [6, 6.07) is 0. The Hall–Kier alpha value is -0.750. The van der Waals surface area contributed by atoms with Crippen LogP contribution in [-0.2, 0) is 10.1 Å². The zero-order valence-corrected chi connectivity index (χ0v) is 8.33. The minimum atomic E-state index is -4.04. The molecule has 13 heavy (non-hydrogen) atoms. The van der Waals surface area contributed by atoms with Crippen molar-refractivity contribution >= 4 is 22.5 Å². The maximum absolute atomic E-state index is 10.3. The molecular weight excluding hydrogens is 192 g/mol. The summed E-state index contributed by atoms with van der Waals surface area (Å²) >= 11 is 0. The van der Waals surface area contributed by atoms with Crippen LogP contribution >= 0.6 is 0 Å². The lowest BCUT2D eigenvalue weighted by molar-refractivity contribution is -0.699. The fourth-order valence-corrected chi connectivity index (χ4v) is 1.66. The van der Waals surface area contributed by atoms with Gasteiger partial charge in [-0.25, -0.2) is 8.42 Å². The maximum atomic E-state index is 10.3. The third-order valence-electron chi connectivity index (χ3n) is 1.78. The molecule has 0 N–H and O–H groups in total. The van der Waals surface area contributed by atoms with Crippen molar-refractivity contribution in [2.24, 2.45) is 0 Å². The van der Waals surface area contributed by atoms with Gasteiger partial charge in [-0.15, -0.1) is 0 Å². The standard InChI is InChI=1S/C7H13N2O3S/c1-8-4-5-9(7-8)3-2-6-13(10,11)12/h4-5H,2-3,6-7H2,1H3/q+1/p+1. The summed E-state index contributed by atoms with van der Waals surface area (Å²) in [5, 5.41) is 0. The molecule has 74 valence electrons. The topological polar surface area (TPSA) is 63.2 Å². The predicted octanol–water partition coefficient (Wildman–Crippen LogP) is -1.20. The van der Waals surface area contributed by atoms with Crippen molar-refractivity contribution in [3.05, 3.63) is 0 Å². The van der Waals surface area contributed by atoms with Gasteiger partial charge in [0.25, 0.3) is 0 Å². The molecule has 0 fully saturated rings. The van der Waals surface area contributed by atoms with Crippen LogP contribution in [0.25, 0.3) is 0 Å². The van der Waals surface area contributed by atoms with E-state index in [9.17, 15) is 13.0 Å². The van der Waals surface area contributed by atoms with Gasteiger partial charge in [-0.2, -0.15) is 9.15 Å². The molecule has 1 heterocycles. The summed E-state index contributed by atoms with van der Waals surface area (Å²) < 4.78 is 34.7. The second-order valence-corrected chi connectivity index (χ2v) is 4.65. The smallest absolute Gasteiger partial charge is 0.748 e. The van der Waals surface area contributed by atoms with Gasteiger partial charge in [0.1, 0.15) is 7.05 Å². The normalized spacial score (nSPS) is 17.1. The minimum absolute atomic E-state index is 0. The second kappa shape index (κ2) is 3.97. The Morgan fingerprint density at radius 3 is 2.69 bits per heavy atom. The lowest BCUT2D eigenvalue weighted by atomic mass is 10.5. The first kappa shape index (κ1) is 10.3. The first-order valence-corrected chi connectivity index (χ1v) is 5.61. The van der Waals surface area contributed by atoms with E-state index in [1.807, 2.05) is 28.6 Å². The van der Waals surface area contributed by atoms with Gasteiger partial charge >= 0.3 is 8.10 Å². The van der Waals surface area contributed by atoms with Crippen LogP contribution in [0.5, 0.6) is 0 Å². The number of rotatable bonds is 4. The predicted molar refractivity (Wildman–Crippen MR) is 48.6 cm³/mol. The molecular formula is C7H14N2O3S+2. The zero-order valence-electron chi connectivity index (χ0n) is 8.51. The number of nitrogens with zero attached hydrogens (tertiary/aromatic N) is 2. The van der Waals surface area contributed by atoms with Crippen molar-refractivity contribution in [2.75, 3.05) is 26.0 Å². The van der Waals surface area contributed by atoms with Crippen molar-refractivity contribution in [3.8, 4) is 0 Å². The lowest BCUT2D eigenvalue weighted by Gasteiger charge is -2.03. The molecule has 0 aromatic carbocycles. The molecule has 0 aromatic rings. The molecule has 0 saturated carbocycles. The number of hydrogen-bond donors (Lipinski definition) is 0. The molecule has 0 aliphatic carbocycles. The summed E-state index contributed by atoms with van der Waals surface area (Å²) in [4.78, 5) is 0. The molecule has 0 saturated heterocycles. The molecule has 0 unspecified atom stereocenters. The van der Waals surface area contributed by atoms with Crippen LogP contribution in [0.4, 0.5) is 0 Å². The van der Waals surface area contributed by atoms with E-state index in [0.717, 1.165) is 6.67 Å². The molecule has 0 atom stereocenters. The van der Waals surface area contributed by atoms with E-state index in [2.05, 4.69) is 0 Å². The van der Waals surface area contributed by atoms with Crippen molar-refractivity contribution in [3.63, 3.8) is 0 Å². The van der Waals surface area contributed by atoms with Crippen LogP contribution < -0.4 is 0 Å². The van der Waals surface area contributed by atoms with Gasteiger partial charge in [0, 0.05) is 12.2 Å². The molecule has 0 radical (unpaired) electrons. The monoisotopic (exact) mass is 206 g/mol. The van der Waals surface area contributed by atoms with Crippen LogP contribution in [0, 0.1) is 0 Å². The summed E-state index contributed by atoms with van der Waals surface area (Å²) in [6.07, 6.45) is 4.19. The van der Waals surface area contributed by atoms with E-state index in [1.165, 1.54) is 0 Å². The molecule has 1 rings (SSSR count). The third kappa shape index (κ3) is 4.14. The van der Waals surface area contributed by atoms with Gasteiger partial charge in [0.2, 0.25) is 12.4 Å². The van der Waals surface area contributed by atoms with Crippen molar-refractivity contribution in [2.45, 2.75) is 6.42 Å². The quantitative estimate of drug-likeness (QED) is 0.429. The van der Waals surface area contributed by atoms with Crippen molar-refractivity contribution in [1.29, 1.82) is 0 Å². The fourth-order valence-electron chi connectivity index (χ4n) is 1.18. The summed E-state index contributed by atoms with van der Waals surface area (Å²) in [7, 11) is -2.11. The van der Waals surface area contributed by atoms with Gasteiger partial charge in [-0.1, -0.05) is 0 Å². The zero-order chi connectivity index (χ0) is 9.90. The summed E-state index contributed by atoms with van der Waals surface area (Å²) in [6.45, 7) is 1.38. The van der Waals surface area contributed by atoms with Crippen LogP contribution in [0.1, 0.15) is 7.85 Å². The van der Waals surface area contributed by atoms with Crippen LogP contribution in [0.15, 0.2) is 0 Å². The minimum Gasteiger partial charge on any atom is -0.748 e. The first-order valence-electron chi connectivity index (χ1n) is 4.03. The highest BCUT2D eigenvalue weighted by Crippen LogP contribution is 1.90. The average molecular weight is 206 g/mol. The average Bonchev–Trinajstić information content (AvgIpc) is 2.33. The van der Waals surface area contributed by atoms with Gasteiger partial charge in [-0.05, 0) is 0 Å². The first-order chi connectivity index (χ1) is 5.97. The molecule has 1 aliphatic heterocycles. The molecule has 0 spiro atoms. The largest absolute Gasteiger partial charge is 1.00 e. The Morgan fingerprint density at radius 1 is 1.54 bits per heavy atom. The molecule has 5 nitrogen and oxygen atoms in total. The highest BCUT2D eigenvalue weighted by atomic mass is 32.2. The molecule has 1 aliphatic rings. The van der Waals surface area contributed by atoms with Crippen LogP contribution in [0.2, 0.25) is 0 Å². The van der Waals surface area contributed by atoms with Gasteiger partial charge < -0.3 is 4.55 Å². The van der Waals surface area contributed by atoms with Crippen LogP contribution in [-0.4, -0.2) is 60.6 Å². The molecule has 6 heteroatoms. The second-order valence-electron chi connectivity index (χ2n) is 3.12. The Labute approximate surface area is 79.2 Å². The van der Waals surface area contributed by atoms with E-state index < -0.39 is 10.1 Å².